The molecule has 0 saturated heterocycles. The van der Waals surface area contributed by atoms with E-state index in [0.29, 0.717) is 11.0 Å². The van der Waals surface area contributed by atoms with Crippen molar-refractivity contribution in [1.82, 2.24) is 10.3 Å². The average Bonchev–Trinajstić information content (AvgIpc) is 2.85. The van der Waals surface area contributed by atoms with Crippen LogP contribution in [0, 0.1) is 5.92 Å². The fourth-order valence-electron chi connectivity index (χ4n) is 1.86. The minimum absolute atomic E-state index is 0.567. The van der Waals surface area contributed by atoms with E-state index in [4.69, 9.17) is 23.8 Å². The van der Waals surface area contributed by atoms with E-state index in [0.717, 1.165) is 35.8 Å². The van der Waals surface area contributed by atoms with Crippen LogP contribution in [0.25, 0.3) is 0 Å². The molecule has 1 aliphatic rings. The third-order valence-corrected chi connectivity index (χ3v) is 3.45. The van der Waals surface area contributed by atoms with E-state index in [-0.39, 0.29) is 0 Å². The molecular weight excluding hydrogens is 278 g/mol. The predicted molar refractivity (Wildman–Crippen MR) is 84.8 cm³/mol. The average molecular weight is 296 g/mol. The molecule has 1 aromatic carbocycles. The summed E-state index contributed by atoms with van der Waals surface area (Å²) >= 11 is 11.3. The molecule has 1 aliphatic heterocycles. The van der Waals surface area contributed by atoms with Crippen molar-refractivity contribution < 1.29 is 0 Å². The lowest BCUT2D eigenvalue weighted by Crippen LogP contribution is -2.36. The van der Waals surface area contributed by atoms with Crippen molar-refractivity contribution in [1.29, 1.82) is 0 Å². The molecule has 0 aliphatic carbocycles. The highest BCUT2D eigenvalue weighted by Gasteiger charge is 2.19. The molecule has 5 heteroatoms. The van der Waals surface area contributed by atoms with Crippen molar-refractivity contribution in [2.75, 3.05) is 13.1 Å². The van der Waals surface area contributed by atoms with Gasteiger partial charge < -0.3 is 5.32 Å². The van der Waals surface area contributed by atoms with Crippen LogP contribution in [-0.2, 0) is 0 Å². The number of thiocarbonyl (C=S) groups is 1. The number of hydrogen-bond acceptors (Lipinski definition) is 2. The zero-order valence-electron chi connectivity index (χ0n) is 11.2. The Morgan fingerprint density at radius 1 is 1.53 bits per heavy atom. The first-order chi connectivity index (χ1) is 9.06. The van der Waals surface area contributed by atoms with Gasteiger partial charge in [0, 0.05) is 24.5 Å². The third kappa shape index (κ3) is 3.91. The first-order valence-corrected chi connectivity index (χ1v) is 7.23. The van der Waals surface area contributed by atoms with Gasteiger partial charge in [-0.1, -0.05) is 37.6 Å². The summed E-state index contributed by atoms with van der Waals surface area (Å²) in [5.41, 5.74) is 2.11. The largest absolute Gasteiger partial charge is 0.361 e. The molecular formula is C14H18ClN3S. The monoisotopic (exact) mass is 295 g/mol. The summed E-state index contributed by atoms with van der Waals surface area (Å²) in [5, 5.41) is 11.1. The van der Waals surface area contributed by atoms with E-state index in [2.05, 4.69) is 24.3 Å². The number of nitrogens with zero attached hydrogens (tertiary/aromatic N) is 2. The molecule has 0 atom stereocenters. The van der Waals surface area contributed by atoms with Gasteiger partial charge in [-0.05, 0) is 35.8 Å². The molecule has 1 heterocycles. The van der Waals surface area contributed by atoms with Gasteiger partial charge in [0.1, 0.15) is 0 Å². The fourth-order valence-corrected chi connectivity index (χ4v) is 2.26. The van der Waals surface area contributed by atoms with E-state index in [9.17, 15) is 0 Å². The van der Waals surface area contributed by atoms with Crippen LogP contribution in [0.3, 0.4) is 0 Å². The van der Waals surface area contributed by atoms with Crippen LogP contribution in [0.5, 0.6) is 0 Å². The Bertz CT molecular complexity index is 499. The molecule has 0 unspecified atom stereocenters. The Morgan fingerprint density at radius 3 is 3.00 bits per heavy atom. The number of hydrogen-bond donors (Lipinski definition) is 1. The normalized spacial score (nSPS) is 14.7. The second-order valence-electron chi connectivity index (χ2n) is 5.01. The molecule has 102 valence electrons. The Labute approximate surface area is 124 Å². The number of nitrogens with one attached hydrogen (secondary N) is 1. The van der Waals surface area contributed by atoms with Gasteiger partial charge in [0.2, 0.25) is 0 Å². The van der Waals surface area contributed by atoms with Gasteiger partial charge in [-0.15, -0.1) is 0 Å². The van der Waals surface area contributed by atoms with E-state index >= 15 is 0 Å². The lowest BCUT2D eigenvalue weighted by molar-refractivity contribution is 0.471. The lowest BCUT2D eigenvalue weighted by Gasteiger charge is -2.17. The minimum atomic E-state index is 0.567. The maximum Gasteiger partial charge on any atom is 0.189 e. The van der Waals surface area contributed by atoms with Crippen LogP contribution in [0.4, 0.5) is 0 Å². The highest BCUT2D eigenvalue weighted by Crippen LogP contribution is 2.17. The molecule has 1 N–H and O–H groups in total. The Hall–Kier alpha value is -1.13. The van der Waals surface area contributed by atoms with Crippen molar-refractivity contribution in [2.45, 2.75) is 20.3 Å². The molecule has 0 radical (unpaired) electrons. The SMILES string of the molecule is CC(C)CNC(=S)N1CCC(c2cccc(Cl)c2)=N1. The van der Waals surface area contributed by atoms with Crippen LogP contribution in [0.2, 0.25) is 5.02 Å². The molecule has 0 fully saturated rings. The van der Waals surface area contributed by atoms with Crippen LogP contribution in [-0.4, -0.2) is 28.9 Å². The number of rotatable bonds is 3. The van der Waals surface area contributed by atoms with Crippen LogP contribution < -0.4 is 5.32 Å². The second kappa shape index (κ2) is 6.35. The maximum absolute atomic E-state index is 6.00. The van der Waals surface area contributed by atoms with Gasteiger partial charge in [0.05, 0.1) is 5.71 Å². The van der Waals surface area contributed by atoms with Gasteiger partial charge in [-0.2, -0.15) is 5.10 Å². The highest BCUT2D eigenvalue weighted by molar-refractivity contribution is 7.80. The molecule has 0 bridgehead atoms. The molecule has 0 amide bonds. The second-order valence-corrected chi connectivity index (χ2v) is 5.83. The zero-order chi connectivity index (χ0) is 13.8. The summed E-state index contributed by atoms with van der Waals surface area (Å²) in [7, 11) is 0. The Balaban J connectivity index is 2.02. The Morgan fingerprint density at radius 2 is 2.32 bits per heavy atom. The zero-order valence-corrected chi connectivity index (χ0v) is 12.8. The third-order valence-electron chi connectivity index (χ3n) is 2.86. The van der Waals surface area contributed by atoms with Gasteiger partial charge >= 0.3 is 0 Å². The molecule has 1 aromatic rings. The quantitative estimate of drug-likeness (QED) is 0.867. The molecule has 0 spiro atoms. The summed E-state index contributed by atoms with van der Waals surface area (Å²) in [6, 6.07) is 7.78. The number of benzene rings is 1. The first kappa shape index (κ1) is 14.3. The van der Waals surface area contributed by atoms with Gasteiger partial charge in [-0.25, -0.2) is 5.01 Å². The smallest absolute Gasteiger partial charge is 0.189 e. The Kier molecular flexibility index (Phi) is 4.77. The summed E-state index contributed by atoms with van der Waals surface area (Å²) < 4.78 is 0. The number of halogens is 1. The van der Waals surface area contributed by atoms with Crippen LogP contribution in [0.1, 0.15) is 25.8 Å². The van der Waals surface area contributed by atoms with Gasteiger partial charge in [-0.3, -0.25) is 0 Å². The topological polar surface area (TPSA) is 27.6 Å². The van der Waals surface area contributed by atoms with Crippen molar-refractivity contribution in [3.8, 4) is 0 Å². The lowest BCUT2D eigenvalue weighted by atomic mass is 10.1. The maximum atomic E-state index is 6.00. The molecule has 19 heavy (non-hydrogen) atoms. The summed E-state index contributed by atoms with van der Waals surface area (Å²) in [6.07, 6.45) is 0.893. The van der Waals surface area contributed by atoms with E-state index in [1.165, 1.54) is 0 Å². The van der Waals surface area contributed by atoms with E-state index in [1.807, 2.05) is 29.3 Å². The summed E-state index contributed by atoms with van der Waals surface area (Å²) in [5.74, 6) is 0.567. The van der Waals surface area contributed by atoms with Crippen molar-refractivity contribution in [3.63, 3.8) is 0 Å². The standard InChI is InChI=1S/C14H18ClN3S/c1-10(2)9-16-14(19)18-7-6-13(17-18)11-4-3-5-12(15)8-11/h3-5,8,10H,6-7,9H2,1-2H3,(H,16,19). The van der Waals surface area contributed by atoms with Crippen molar-refractivity contribution in [2.24, 2.45) is 11.0 Å². The van der Waals surface area contributed by atoms with Crippen LogP contribution in [0.15, 0.2) is 29.4 Å². The van der Waals surface area contributed by atoms with Gasteiger partial charge in [0.25, 0.3) is 0 Å². The summed E-state index contributed by atoms with van der Waals surface area (Å²) in [4.78, 5) is 0. The number of hydrazone groups is 1. The molecule has 0 saturated carbocycles. The molecule has 2 rings (SSSR count). The molecule has 0 aromatic heterocycles. The van der Waals surface area contributed by atoms with E-state index in [1.54, 1.807) is 0 Å². The van der Waals surface area contributed by atoms with Gasteiger partial charge in [0.15, 0.2) is 5.11 Å². The van der Waals surface area contributed by atoms with E-state index < -0.39 is 0 Å². The summed E-state index contributed by atoms with van der Waals surface area (Å²) in [6.45, 7) is 6.00. The van der Waals surface area contributed by atoms with Crippen molar-refractivity contribution >= 4 is 34.6 Å². The van der Waals surface area contributed by atoms with Crippen molar-refractivity contribution in [3.05, 3.63) is 34.9 Å². The predicted octanol–water partition coefficient (Wildman–Crippen LogP) is 3.28. The molecule has 3 nitrogen and oxygen atoms in total. The minimum Gasteiger partial charge on any atom is -0.361 e. The highest BCUT2D eigenvalue weighted by atomic mass is 35.5. The first-order valence-electron chi connectivity index (χ1n) is 6.45. The van der Waals surface area contributed by atoms with Crippen LogP contribution >= 0.6 is 23.8 Å². The fraction of sp³-hybridized carbons (Fsp3) is 0.429.